The van der Waals surface area contributed by atoms with Crippen LogP contribution in [-0.2, 0) is 4.79 Å². The first-order chi connectivity index (χ1) is 12.9. The molecule has 27 heavy (non-hydrogen) atoms. The maximum absolute atomic E-state index is 13.0. The van der Waals surface area contributed by atoms with E-state index in [0.717, 1.165) is 30.2 Å². The van der Waals surface area contributed by atoms with Crippen LogP contribution in [0.15, 0.2) is 36.7 Å². The summed E-state index contributed by atoms with van der Waals surface area (Å²) in [4.78, 5) is 33.0. The van der Waals surface area contributed by atoms with Gasteiger partial charge in [0.05, 0.1) is 0 Å². The lowest BCUT2D eigenvalue weighted by Crippen LogP contribution is -2.50. The molecule has 0 N–H and O–H groups in total. The van der Waals surface area contributed by atoms with Gasteiger partial charge in [-0.3, -0.25) is 9.59 Å². The lowest BCUT2D eigenvalue weighted by atomic mass is 10.1. The molecule has 1 fully saturated rings. The number of carbonyl (C=O) groups excluding carboxylic acids is 2. The molecule has 1 saturated heterocycles. The van der Waals surface area contributed by atoms with Crippen molar-refractivity contribution in [3.63, 3.8) is 0 Å². The van der Waals surface area contributed by atoms with Crippen LogP contribution in [0.1, 0.15) is 55.8 Å². The van der Waals surface area contributed by atoms with Gasteiger partial charge in [0.1, 0.15) is 11.9 Å². The largest absolute Gasteiger partial charge is 0.368 e. The van der Waals surface area contributed by atoms with Crippen molar-refractivity contribution in [2.24, 2.45) is 0 Å². The molecule has 1 aromatic carbocycles. The van der Waals surface area contributed by atoms with Crippen LogP contribution in [0.4, 0.5) is 5.69 Å². The Bertz CT molecular complexity index is 802. The van der Waals surface area contributed by atoms with Gasteiger partial charge in [-0.25, -0.2) is 4.98 Å². The zero-order valence-corrected chi connectivity index (χ0v) is 16.6. The third-order valence-corrected chi connectivity index (χ3v) is 5.22. The highest BCUT2D eigenvalue weighted by molar-refractivity contribution is 5.94. The third kappa shape index (κ3) is 4.04. The minimum absolute atomic E-state index is 0.0752. The molecule has 0 radical (unpaired) electrons. The number of amides is 1. The van der Waals surface area contributed by atoms with E-state index in [4.69, 9.17) is 0 Å². The van der Waals surface area contributed by atoms with Gasteiger partial charge in [-0.2, -0.15) is 0 Å². The van der Waals surface area contributed by atoms with Crippen molar-refractivity contribution in [3.8, 4) is 0 Å². The molecule has 0 saturated carbocycles. The highest BCUT2D eigenvalue weighted by Gasteiger charge is 2.27. The monoisotopic (exact) mass is 368 g/mol. The molecule has 3 rings (SSSR count). The van der Waals surface area contributed by atoms with Crippen LogP contribution in [0.25, 0.3) is 0 Å². The summed E-state index contributed by atoms with van der Waals surface area (Å²) >= 11 is 0. The third-order valence-electron chi connectivity index (χ3n) is 5.22. The van der Waals surface area contributed by atoms with Crippen molar-refractivity contribution in [1.82, 2.24) is 14.5 Å². The van der Waals surface area contributed by atoms with E-state index in [1.165, 1.54) is 0 Å². The first-order valence-electron chi connectivity index (χ1n) is 9.56. The van der Waals surface area contributed by atoms with Crippen molar-refractivity contribution in [2.75, 3.05) is 31.1 Å². The summed E-state index contributed by atoms with van der Waals surface area (Å²) in [6.45, 7) is 10.7. The van der Waals surface area contributed by atoms with Crippen LogP contribution in [0.2, 0.25) is 0 Å². The Labute approximate surface area is 160 Å². The average Bonchev–Trinajstić information content (AvgIpc) is 3.17. The molecule has 0 spiro atoms. The van der Waals surface area contributed by atoms with E-state index >= 15 is 0 Å². The fourth-order valence-corrected chi connectivity index (χ4v) is 3.57. The van der Waals surface area contributed by atoms with E-state index in [2.05, 4.69) is 23.7 Å². The molecule has 1 aliphatic rings. The van der Waals surface area contributed by atoms with Gasteiger partial charge in [-0.05, 0) is 38.1 Å². The summed E-state index contributed by atoms with van der Waals surface area (Å²) in [5, 5.41) is 0. The Morgan fingerprint density at radius 1 is 1.00 bits per heavy atom. The van der Waals surface area contributed by atoms with E-state index in [1.54, 1.807) is 13.1 Å². The minimum atomic E-state index is -0.244. The number of Topliss-reactive ketones (excluding diaryl/α,β-unsaturated/α-hetero) is 1. The van der Waals surface area contributed by atoms with E-state index in [9.17, 15) is 9.59 Å². The molecule has 0 bridgehead atoms. The fraction of sp³-hybridized carbons (Fsp3) is 0.476. The zero-order chi connectivity index (χ0) is 19.6. The SMILES string of the molecule is CC(=O)c1ccc(N2CCN(C(=O)[C@H](C)n3ccnc3C(C)C)CC2)cc1. The number of hydrogen-bond donors (Lipinski definition) is 0. The Morgan fingerprint density at radius 3 is 2.19 bits per heavy atom. The quantitative estimate of drug-likeness (QED) is 0.761. The zero-order valence-electron chi connectivity index (χ0n) is 16.6. The number of imidazole rings is 1. The summed E-state index contributed by atoms with van der Waals surface area (Å²) < 4.78 is 1.99. The topological polar surface area (TPSA) is 58.4 Å². The summed E-state index contributed by atoms with van der Waals surface area (Å²) in [5.74, 6) is 1.44. The minimum Gasteiger partial charge on any atom is -0.368 e. The molecule has 144 valence electrons. The molecule has 2 heterocycles. The van der Waals surface area contributed by atoms with Gasteiger partial charge < -0.3 is 14.4 Å². The Hall–Kier alpha value is -2.63. The molecule has 6 nitrogen and oxygen atoms in total. The van der Waals surface area contributed by atoms with E-state index in [1.807, 2.05) is 46.9 Å². The Kier molecular flexibility index (Phi) is 5.63. The van der Waals surface area contributed by atoms with Crippen molar-refractivity contribution >= 4 is 17.4 Å². The fourth-order valence-electron chi connectivity index (χ4n) is 3.57. The van der Waals surface area contributed by atoms with E-state index in [-0.39, 0.29) is 23.7 Å². The second kappa shape index (κ2) is 7.94. The Morgan fingerprint density at radius 2 is 1.63 bits per heavy atom. The Balaban J connectivity index is 1.62. The molecule has 0 aliphatic carbocycles. The van der Waals surface area contributed by atoms with Crippen molar-refractivity contribution < 1.29 is 9.59 Å². The van der Waals surface area contributed by atoms with Gasteiger partial charge >= 0.3 is 0 Å². The molecule has 6 heteroatoms. The molecular formula is C21H28N4O2. The van der Waals surface area contributed by atoms with Gasteiger partial charge in [0.25, 0.3) is 0 Å². The first kappa shape index (κ1) is 19.1. The molecule has 1 amide bonds. The summed E-state index contributed by atoms with van der Waals surface area (Å²) in [5.41, 5.74) is 1.82. The van der Waals surface area contributed by atoms with Crippen LogP contribution in [-0.4, -0.2) is 52.3 Å². The predicted molar refractivity (Wildman–Crippen MR) is 106 cm³/mol. The lowest BCUT2D eigenvalue weighted by molar-refractivity contribution is -0.134. The van der Waals surface area contributed by atoms with Crippen LogP contribution in [0.3, 0.4) is 0 Å². The standard InChI is InChI=1S/C21H28N4O2/c1-15(2)20-22-9-10-25(20)16(3)21(27)24-13-11-23(12-14-24)19-7-5-18(6-8-19)17(4)26/h5-10,15-16H,11-14H2,1-4H3/t16-/m0/s1. The van der Waals surface area contributed by atoms with E-state index < -0.39 is 0 Å². The van der Waals surface area contributed by atoms with Crippen molar-refractivity contribution in [3.05, 3.63) is 48.0 Å². The highest BCUT2D eigenvalue weighted by atomic mass is 16.2. The summed E-state index contributed by atoms with van der Waals surface area (Å²) in [6.07, 6.45) is 3.66. The van der Waals surface area contributed by atoms with Crippen LogP contribution in [0.5, 0.6) is 0 Å². The van der Waals surface area contributed by atoms with Crippen LogP contribution < -0.4 is 4.90 Å². The highest BCUT2D eigenvalue weighted by Crippen LogP contribution is 2.21. The normalized spacial score (nSPS) is 15.9. The number of hydrogen-bond acceptors (Lipinski definition) is 4. The number of rotatable bonds is 5. The number of carbonyl (C=O) groups is 2. The van der Waals surface area contributed by atoms with E-state index in [0.29, 0.717) is 13.1 Å². The number of piperazine rings is 1. The van der Waals surface area contributed by atoms with Gasteiger partial charge in [-0.1, -0.05) is 13.8 Å². The van der Waals surface area contributed by atoms with Crippen LogP contribution in [0, 0.1) is 0 Å². The van der Waals surface area contributed by atoms with Crippen molar-refractivity contribution in [2.45, 2.75) is 39.7 Å². The number of benzene rings is 1. The lowest BCUT2D eigenvalue weighted by Gasteiger charge is -2.37. The molecule has 0 unspecified atom stereocenters. The number of nitrogens with zero attached hydrogens (tertiary/aromatic N) is 4. The average molecular weight is 368 g/mol. The number of aromatic nitrogens is 2. The van der Waals surface area contributed by atoms with Gasteiger partial charge in [0, 0.05) is 55.7 Å². The summed E-state index contributed by atoms with van der Waals surface area (Å²) in [7, 11) is 0. The molecule has 1 aliphatic heterocycles. The second-order valence-electron chi connectivity index (χ2n) is 7.44. The number of anilines is 1. The van der Waals surface area contributed by atoms with Gasteiger partial charge in [0.15, 0.2) is 5.78 Å². The maximum Gasteiger partial charge on any atom is 0.245 e. The van der Waals surface area contributed by atoms with Gasteiger partial charge in [-0.15, -0.1) is 0 Å². The van der Waals surface area contributed by atoms with Crippen LogP contribution >= 0.6 is 0 Å². The second-order valence-corrected chi connectivity index (χ2v) is 7.44. The molecule has 1 atom stereocenters. The maximum atomic E-state index is 13.0. The molecular weight excluding hydrogens is 340 g/mol. The number of ketones is 1. The first-order valence-corrected chi connectivity index (χ1v) is 9.56. The van der Waals surface area contributed by atoms with Crippen molar-refractivity contribution in [1.29, 1.82) is 0 Å². The smallest absolute Gasteiger partial charge is 0.245 e. The molecule has 2 aromatic rings. The predicted octanol–water partition coefficient (Wildman–Crippen LogP) is 3.12. The van der Waals surface area contributed by atoms with Gasteiger partial charge in [0.2, 0.25) is 5.91 Å². The molecule has 1 aromatic heterocycles. The summed E-state index contributed by atoms with van der Waals surface area (Å²) in [6, 6.07) is 7.45.